The van der Waals surface area contributed by atoms with Gasteiger partial charge in [-0.2, -0.15) is 0 Å². The minimum atomic E-state index is -2.76. The predicted octanol–water partition coefficient (Wildman–Crippen LogP) is 14.0. The van der Waals surface area contributed by atoms with Gasteiger partial charge in [-0.1, -0.05) is 200 Å². The zero-order valence-corrected chi connectivity index (χ0v) is 39.3. The van der Waals surface area contributed by atoms with E-state index in [4.69, 9.17) is 0 Å². The molecular formula is C66H45N3Si. The minimum Gasteiger partial charge on any atom is -0.309 e. The molecule has 70 heavy (non-hydrogen) atoms. The maximum Gasteiger partial charge on any atom is 0.179 e. The van der Waals surface area contributed by atoms with Crippen molar-refractivity contribution >= 4 is 94.2 Å². The summed E-state index contributed by atoms with van der Waals surface area (Å²) in [5, 5.41) is 12.8. The highest BCUT2D eigenvalue weighted by Gasteiger charge is 2.41. The fourth-order valence-electron chi connectivity index (χ4n) is 11.8. The summed E-state index contributed by atoms with van der Waals surface area (Å²) in [6, 6.07) is 101. The molecule has 328 valence electrons. The summed E-state index contributed by atoms with van der Waals surface area (Å²) in [6.45, 7) is 0. The lowest BCUT2D eigenvalue weighted by Gasteiger charge is -2.34. The van der Waals surface area contributed by atoms with Crippen LogP contribution < -0.4 is 20.7 Å². The highest BCUT2D eigenvalue weighted by molar-refractivity contribution is 7.19. The van der Waals surface area contributed by atoms with Gasteiger partial charge in [0, 0.05) is 49.4 Å². The number of hydrogen-bond acceptors (Lipinski definition) is 0. The van der Waals surface area contributed by atoms with Gasteiger partial charge in [0.1, 0.15) is 0 Å². The van der Waals surface area contributed by atoms with Crippen LogP contribution >= 0.6 is 0 Å². The van der Waals surface area contributed by atoms with E-state index in [1.54, 1.807) is 0 Å². The molecule has 0 aliphatic rings. The van der Waals surface area contributed by atoms with E-state index in [0.717, 1.165) is 17.1 Å². The Labute approximate surface area is 407 Å². The topological polar surface area (TPSA) is 14.8 Å². The second-order valence-electron chi connectivity index (χ2n) is 18.5. The Hall–Kier alpha value is -8.96. The lowest BCUT2D eigenvalue weighted by Crippen LogP contribution is -2.74. The first-order valence-corrected chi connectivity index (χ1v) is 26.2. The molecule has 0 atom stereocenters. The lowest BCUT2D eigenvalue weighted by atomic mass is 10.0. The Morgan fingerprint density at radius 1 is 0.200 bits per heavy atom. The van der Waals surface area contributed by atoms with Crippen molar-refractivity contribution in [1.82, 2.24) is 13.7 Å². The van der Waals surface area contributed by atoms with E-state index < -0.39 is 8.07 Å². The second-order valence-corrected chi connectivity index (χ2v) is 22.3. The highest BCUT2D eigenvalue weighted by Crippen LogP contribution is 2.40. The standard InChI is InChI=1S/C66H45N3Si/c1-5-20-46(21-6-1)47-36-39-58-55-30-13-16-33-61(55)69(66(58)42-47)50-38-41-65-60(45-50)57-32-15-18-35-63(57)68(65)49-37-40-64-59(44-49)56-31-14-17-34-62(56)67(64)48-22-19-29-54(43-48)70(51-23-7-2-8-24-51,52-25-9-3-10-26-52)53-27-11-4-12-28-53/h1-45H. The van der Waals surface area contributed by atoms with Gasteiger partial charge in [0.25, 0.3) is 0 Å². The van der Waals surface area contributed by atoms with Crippen LogP contribution in [0.3, 0.4) is 0 Å². The van der Waals surface area contributed by atoms with Gasteiger partial charge in [0.05, 0.1) is 33.1 Å². The van der Waals surface area contributed by atoms with Gasteiger partial charge in [-0.05, 0) is 105 Å². The summed E-state index contributed by atoms with van der Waals surface area (Å²) < 4.78 is 7.38. The van der Waals surface area contributed by atoms with Crippen LogP contribution in [-0.4, -0.2) is 21.8 Å². The average molecular weight is 908 g/mol. The molecule has 0 saturated heterocycles. The molecule has 14 rings (SSSR count). The Morgan fingerprint density at radius 3 is 1.07 bits per heavy atom. The summed E-state index contributed by atoms with van der Waals surface area (Å²) in [6.07, 6.45) is 0. The maximum atomic E-state index is 2.48. The third kappa shape index (κ3) is 6.07. The first-order chi connectivity index (χ1) is 34.7. The number of para-hydroxylation sites is 3. The molecule has 3 aromatic heterocycles. The number of hydrogen-bond donors (Lipinski definition) is 0. The molecule has 0 aliphatic carbocycles. The molecule has 0 aliphatic heterocycles. The van der Waals surface area contributed by atoms with Crippen LogP contribution in [0.15, 0.2) is 273 Å². The van der Waals surface area contributed by atoms with E-state index in [9.17, 15) is 0 Å². The van der Waals surface area contributed by atoms with Crippen molar-refractivity contribution in [3.05, 3.63) is 273 Å². The molecule has 11 aromatic carbocycles. The number of nitrogens with zero attached hydrogens (tertiary/aromatic N) is 3. The van der Waals surface area contributed by atoms with Gasteiger partial charge in [-0.25, -0.2) is 0 Å². The Balaban J connectivity index is 0.949. The zero-order valence-electron chi connectivity index (χ0n) is 38.3. The smallest absolute Gasteiger partial charge is 0.179 e. The third-order valence-electron chi connectivity index (χ3n) is 14.8. The summed E-state index contributed by atoms with van der Waals surface area (Å²) in [7, 11) is -2.76. The third-order valence-corrected chi connectivity index (χ3v) is 19.5. The van der Waals surface area contributed by atoms with Crippen molar-refractivity contribution in [2.75, 3.05) is 0 Å². The number of benzene rings is 11. The van der Waals surface area contributed by atoms with Crippen LogP contribution in [-0.2, 0) is 0 Å². The normalized spacial score (nSPS) is 12.0. The molecule has 0 amide bonds. The van der Waals surface area contributed by atoms with E-state index in [-0.39, 0.29) is 0 Å². The molecule has 0 N–H and O–H groups in total. The van der Waals surface area contributed by atoms with Crippen LogP contribution in [0.25, 0.3) is 93.6 Å². The van der Waals surface area contributed by atoms with Crippen molar-refractivity contribution in [2.24, 2.45) is 0 Å². The molecule has 3 nitrogen and oxygen atoms in total. The van der Waals surface area contributed by atoms with Crippen LogP contribution in [0.5, 0.6) is 0 Å². The van der Waals surface area contributed by atoms with E-state index >= 15 is 0 Å². The zero-order chi connectivity index (χ0) is 46.2. The number of rotatable bonds is 8. The predicted molar refractivity (Wildman–Crippen MR) is 299 cm³/mol. The molecule has 0 radical (unpaired) electrons. The van der Waals surface area contributed by atoms with E-state index in [1.807, 2.05) is 0 Å². The molecule has 0 fully saturated rings. The Morgan fingerprint density at radius 2 is 0.571 bits per heavy atom. The second kappa shape index (κ2) is 16.1. The van der Waals surface area contributed by atoms with Crippen LogP contribution in [0, 0.1) is 0 Å². The van der Waals surface area contributed by atoms with Crippen molar-refractivity contribution < 1.29 is 0 Å². The van der Waals surface area contributed by atoms with Gasteiger partial charge in [0.15, 0.2) is 8.07 Å². The Bertz CT molecular complexity index is 4180. The van der Waals surface area contributed by atoms with Crippen LogP contribution in [0.4, 0.5) is 0 Å². The summed E-state index contributed by atoms with van der Waals surface area (Å²) in [5.74, 6) is 0. The Kier molecular flexibility index (Phi) is 9.23. The minimum absolute atomic E-state index is 1.14. The van der Waals surface area contributed by atoms with Gasteiger partial charge >= 0.3 is 0 Å². The molecule has 4 heteroatoms. The molecule has 0 bridgehead atoms. The molecule has 0 unspecified atom stereocenters. The first kappa shape index (κ1) is 40.1. The average Bonchev–Trinajstić information content (AvgIpc) is 4.07. The SMILES string of the molecule is c1ccc(-c2ccc3c4ccccc4n(-c4ccc5c(c4)c4ccccc4n5-c4ccc5c(c4)c4ccccc4n5-c4cccc([Si](c5ccccc5)(c5ccccc5)c5ccccc5)c4)c3c2)cc1. The maximum absolute atomic E-state index is 2.76. The first-order valence-electron chi connectivity index (χ1n) is 24.2. The summed E-state index contributed by atoms with van der Waals surface area (Å²) in [4.78, 5) is 0. The molecule has 14 aromatic rings. The fraction of sp³-hybridized carbons (Fsp3) is 0. The van der Waals surface area contributed by atoms with E-state index in [1.165, 1.54) is 97.3 Å². The van der Waals surface area contributed by atoms with E-state index in [2.05, 4.69) is 287 Å². The van der Waals surface area contributed by atoms with Crippen molar-refractivity contribution in [2.45, 2.75) is 0 Å². The monoisotopic (exact) mass is 907 g/mol. The van der Waals surface area contributed by atoms with Gasteiger partial charge in [0.2, 0.25) is 0 Å². The molecule has 0 saturated carbocycles. The summed E-state index contributed by atoms with van der Waals surface area (Å²) in [5.41, 5.74) is 13.0. The largest absolute Gasteiger partial charge is 0.309 e. The molecular weight excluding hydrogens is 863 g/mol. The molecule has 0 spiro atoms. The molecule has 3 heterocycles. The summed E-state index contributed by atoms with van der Waals surface area (Å²) >= 11 is 0. The highest BCUT2D eigenvalue weighted by atomic mass is 28.3. The van der Waals surface area contributed by atoms with Gasteiger partial charge in [-0.3, -0.25) is 0 Å². The lowest BCUT2D eigenvalue weighted by molar-refractivity contribution is 1.16. The van der Waals surface area contributed by atoms with Crippen LogP contribution in [0.2, 0.25) is 0 Å². The number of fused-ring (bicyclic) bond motifs is 9. The van der Waals surface area contributed by atoms with Crippen molar-refractivity contribution in [1.29, 1.82) is 0 Å². The van der Waals surface area contributed by atoms with Crippen LogP contribution in [0.1, 0.15) is 0 Å². The van der Waals surface area contributed by atoms with Gasteiger partial charge < -0.3 is 13.7 Å². The van der Waals surface area contributed by atoms with Crippen molar-refractivity contribution in [3.8, 4) is 28.2 Å². The van der Waals surface area contributed by atoms with Gasteiger partial charge in [-0.15, -0.1) is 0 Å². The fourth-order valence-corrected chi connectivity index (χ4v) is 16.5. The van der Waals surface area contributed by atoms with Crippen molar-refractivity contribution in [3.63, 3.8) is 0 Å². The van der Waals surface area contributed by atoms with E-state index in [0.29, 0.717) is 0 Å². The number of aromatic nitrogens is 3. The quantitative estimate of drug-likeness (QED) is 0.107.